The van der Waals surface area contributed by atoms with E-state index >= 15 is 0 Å². The topological polar surface area (TPSA) is 83.0 Å². The molecule has 0 aliphatic carbocycles. The number of methoxy groups -OCH3 is 1. The van der Waals surface area contributed by atoms with Gasteiger partial charge in [-0.25, -0.2) is 13.4 Å². The zero-order chi connectivity index (χ0) is 25.2. The van der Waals surface area contributed by atoms with Gasteiger partial charge in [-0.2, -0.15) is 4.31 Å². The number of carbonyl (C=O) groups excluding carboxylic acids is 1. The van der Waals surface area contributed by atoms with E-state index in [0.29, 0.717) is 36.1 Å². The van der Waals surface area contributed by atoms with Crippen LogP contribution in [0, 0.1) is 0 Å². The maximum Gasteiger partial charge on any atom is 0.260 e. The lowest BCUT2D eigenvalue weighted by atomic mass is 10.1. The fraction of sp³-hybridized carbons (Fsp3) is 0.440. The average Bonchev–Trinajstić information content (AvgIpc) is 3.28. The second-order valence-electron chi connectivity index (χ2n) is 9.05. The second kappa shape index (κ2) is 10.6. The summed E-state index contributed by atoms with van der Waals surface area (Å²) in [5, 5.41) is 0.579. The minimum absolute atomic E-state index is 0.0207. The van der Waals surface area contributed by atoms with Crippen LogP contribution in [0.4, 0.5) is 5.13 Å². The highest BCUT2D eigenvalue weighted by Gasteiger charge is 2.31. The van der Waals surface area contributed by atoms with Crippen LogP contribution in [0.5, 0.6) is 5.75 Å². The van der Waals surface area contributed by atoms with E-state index in [-0.39, 0.29) is 16.8 Å². The Bertz CT molecular complexity index is 1290. The van der Waals surface area contributed by atoms with Gasteiger partial charge < -0.3 is 9.64 Å². The van der Waals surface area contributed by atoms with E-state index in [1.54, 1.807) is 28.4 Å². The number of thiazole rings is 1. The number of aromatic nitrogens is 1. The molecule has 1 fully saturated rings. The Morgan fingerprint density at radius 3 is 2.54 bits per heavy atom. The van der Waals surface area contributed by atoms with Crippen LogP contribution in [0.25, 0.3) is 10.2 Å². The number of piperidine rings is 1. The van der Waals surface area contributed by atoms with Crippen molar-refractivity contribution in [3.8, 4) is 5.75 Å². The molecule has 1 amide bonds. The van der Waals surface area contributed by atoms with Gasteiger partial charge in [-0.1, -0.05) is 23.8 Å². The third-order valence-electron chi connectivity index (χ3n) is 6.29. The molecule has 1 aliphatic heterocycles. The fourth-order valence-corrected chi connectivity index (χ4v) is 6.97. The second-order valence-corrected chi connectivity index (χ2v) is 11.9. The summed E-state index contributed by atoms with van der Waals surface area (Å²) in [4.78, 5) is 22.2. The first-order chi connectivity index (χ1) is 16.7. The number of nitrogens with zero attached hydrogens (tertiary/aromatic N) is 4. The van der Waals surface area contributed by atoms with Crippen molar-refractivity contribution in [1.82, 2.24) is 14.2 Å². The quantitative estimate of drug-likeness (QED) is 0.449. The van der Waals surface area contributed by atoms with Gasteiger partial charge in [0.1, 0.15) is 11.3 Å². The zero-order valence-electron chi connectivity index (χ0n) is 20.6. The van der Waals surface area contributed by atoms with E-state index in [4.69, 9.17) is 9.72 Å². The Hall–Kier alpha value is -2.53. The maximum absolute atomic E-state index is 13.6. The SMILES string of the molecule is COc1cccc2sc(N(CCN(C)C)C(=O)c3ccc(S(=O)(=O)N4CCCCC4C)cc3)nc12. The summed E-state index contributed by atoms with van der Waals surface area (Å²) in [6.45, 7) is 3.57. The first kappa shape index (κ1) is 25.6. The molecule has 0 spiro atoms. The predicted octanol–water partition coefficient (Wildman–Crippen LogP) is 4.08. The number of para-hydroxylation sites is 1. The Labute approximate surface area is 211 Å². The van der Waals surface area contributed by atoms with E-state index in [9.17, 15) is 13.2 Å². The molecular weight excluding hydrogens is 484 g/mol. The first-order valence-corrected chi connectivity index (χ1v) is 14.0. The molecule has 0 radical (unpaired) electrons. The minimum Gasteiger partial charge on any atom is -0.494 e. The number of benzene rings is 2. The van der Waals surface area contributed by atoms with Crippen LogP contribution in [0.3, 0.4) is 0 Å². The summed E-state index contributed by atoms with van der Waals surface area (Å²) in [6, 6.07) is 11.9. The number of fused-ring (bicyclic) bond motifs is 1. The average molecular weight is 517 g/mol. The molecule has 1 saturated heterocycles. The van der Waals surface area contributed by atoms with Gasteiger partial charge in [0.2, 0.25) is 10.0 Å². The number of rotatable bonds is 8. The lowest BCUT2D eigenvalue weighted by molar-refractivity contribution is 0.0985. The summed E-state index contributed by atoms with van der Waals surface area (Å²) in [6.07, 6.45) is 2.78. The van der Waals surface area contributed by atoms with Crippen molar-refractivity contribution < 1.29 is 17.9 Å². The number of carbonyl (C=O) groups is 1. The molecule has 8 nitrogen and oxygen atoms in total. The lowest BCUT2D eigenvalue weighted by Crippen LogP contribution is -2.41. The van der Waals surface area contributed by atoms with Crippen molar-refractivity contribution in [2.45, 2.75) is 37.1 Å². The number of likely N-dealkylation sites (N-methyl/N-ethyl adjacent to an activating group) is 1. The van der Waals surface area contributed by atoms with Crippen LogP contribution in [0.2, 0.25) is 0 Å². The molecule has 0 saturated carbocycles. The van der Waals surface area contributed by atoms with Crippen LogP contribution in [-0.4, -0.2) is 75.4 Å². The molecule has 188 valence electrons. The van der Waals surface area contributed by atoms with Crippen molar-refractivity contribution in [3.05, 3.63) is 48.0 Å². The molecule has 2 heterocycles. The molecule has 10 heteroatoms. The zero-order valence-corrected chi connectivity index (χ0v) is 22.2. The van der Waals surface area contributed by atoms with E-state index in [1.165, 1.54) is 23.5 Å². The van der Waals surface area contributed by atoms with Gasteiger partial charge in [0.15, 0.2) is 5.13 Å². The number of hydrogen-bond donors (Lipinski definition) is 0. The number of anilines is 1. The van der Waals surface area contributed by atoms with Gasteiger partial charge in [0.25, 0.3) is 5.91 Å². The van der Waals surface area contributed by atoms with Crippen LogP contribution in [0.15, 0.2) is 47.4 Å². The van der Waals surface area contributed by atoms with E-state index in [0.717, 1.165) is 29.5 Å². The Kier molecular flexibility index (Phi) is 7.75. The van der Waals surface area contributed by atoms with Crippen molar-refractivity contribution in [2.75, 3.05) is 45.7 Å². The Morgan fingerprint density at radius 1 is 1.14 bits per heavy atom. The fourth-order valence-electron chi connectivity index (χ4n) is 4.27. The third-order valence-corrected chi connectivity index (χ3v) is 9.36. The van der Waals surface area contributed by atoms with Crippen molar-refractivity contribution >= 4 is 42.6 Å². The predicted molar refractivity (Wildman–Crippen MR) is 140 cm³/mol. The lowest BCUT2D eigenvalue weighted by Gasteiger charge is -2.32. The van der Waals surface area contributed by atoms with Crippen molar-refractivity contribution in [1.29, 1.82) is 0 Å². The number of ether oxygens (including phenoxy) is 1. The minimum atomic E-state index is -3.60. The van der Waals surface area contributed by atoms with Gasteiger partial charge in [-0.15, -0.1) is 0 Å². The molecule has 0 N–H and O–H groups in total. The third kappa shape index (κ3) is 5.35. The largest absolute Gasteiger partial charge is 0.494 e. The molecule has 3 aromatic rings. The van der Waals surface area contributed by atoms with E-state index in [2.05, 4.69) is 0 Å². The summed E-state index contributed by atoms with van der Waals surface area (Å²) in [5.41, 5.74) is 1.13. The molecule has 1 aliphatic rings. The molecular formula is C25H32N4O4S2. The number of amides is 1. The van der Waals surface area contributed by atoms with Crippen LogP contribution >= 0.6 is 11.3 Å². The molecule has 1 aromatic heterocycles. The van der Waals surface area contributed by atoms with Crippen molar-refractivity contribution in [3.63, 3.8) is 0 Å². The van der Waals surface area contributed by atoms with Gasteiger partial charge >= 0.3 is 0 Å². The smallest absolute Gasteiger partial charge is 0.260 e. The van der Waals surface area contributed by atoms with E-state index < -0.39 is 10.0 Å². The molecule has 0 bridgehead atoms. The van der Waals surface area contributed by atoms with Crippen molar-refractivity contribution in [2.24, 2.45) is 0 Å². The Balaban J connectivity index is 1.63. The monoisotopic (exact) mass is 516 g/mol. The molecule has 1 unspecified atom stereocenters. The van der Waals surface area contributed by atoms with Gasteiger partial charge in [-0.3, -0.25) is 9.69 Å². The summed E-state index contributed by atoms with van der Waals surface area (Å²) in [5.74, 6) is 0.437. The summed E-state index contributed by atoms with van der Waals surface area (Å²) < 4.78 is 34.3. The number of sulfonamides is 1. The normalized spacial score (nSPS) is 17.1. The van der Waals surface area contributed by atoms with E-state index in [1.807, 2.05) is 44.1 Å². The first-order valence-electron chi connectivity index (χ1n) is 11.7. The highest BCUT2D eigenvalue weighted by atomic mass is 32.2. The van der Waals surface area contributed by atoms with Gasteiger partial charge in [0, 0.05) is 31.2 Å². The highest BCUT2D eigenvalue weighted by molar-refractivity contribution is 7.89. The number of hydrogen-bond acceptors (Lipinski definition) is 7. The molecule has 1 atom stereocenters. The molecule has 35 heavy (non-hydrogen) atoms. The standard InChI is InChI=1S/C25H32N4O4S2/c1-18-8-5-6-15-29(18)35(31,32)20-13-11-19(12-14-20)24(30)28(17-16-27(2)3)25-26-23-21(33-4)9-7-10-22(23)34-25/h7,9-14,18H,5-6,8,15-17H2,1-4H3. The molecule has 2 aromatic carbocycles. The van der Waals surface area contributed by atoms with Gasteiger partial charge in [0.05, 0.1) is 16.7 Å². The van der Waals surface area contributed by atoms with Crippen LogP contribution < -0.4 is 9.64 Å². The summed E-state index contributed by atoms with van der Waals surface area (Å²) in [7, 11) is 1.90. The molecule has 4 rings (SSSR count). The highest BCUT2D eigenvalue weighted by Crippen LogP contribution is 2.34. The summed E-state index contributed by atoms with van der Waals surface area (Å²) >= 11 is 1.43. The van der Waals surface area contributed by atoms with Crippen LogP contribution in [0.1, 0.15) is 36.5 Å². The van der Waals surface area contributed by atoms with Crippen LogP contribution in [-0.2, 0) is 10.0 Å². The maximum atomic E-state index is 13.6. The Morgan fingerprint density at radius 2 is 1.89 bits per heavy atom. The van der Waals surface area contributed by atoms with Gasteiger partial charge in [-0.05, 0) is 70.3 Å².